The number of rotatable bonds is 4. The van der Waals surface area contributed by atoms with Gasteiger partial charge in [-0.2, -0.15) is 5.10 Å². The standard InChI is InChI=1S/C12H12F2N4O2/c1-7-11(18(19)20)12(17(2)16-7)15-6-8-5-9(13)3-4-10(8)14/h3-5,15H,6H2,1-2H3. The topological polar surface area (TPSA) is 73.0 Å². The van der Waals surface area contributed by atoms with E-state index in [1.807, 2.05) is 0 Å². The van der Waals surface area contributed by atoms with Crippen molar-refractivity contribution in [3.63, 3.8) is 0 Å². The number of anilines is 1. The number of benzene rings is 1. The molecule has 0 unspecified atom stereocenters. The summed E-state index contributed by atoms with van der Waals surface area (Å²) < 4.78 is 27.8. The van der Waals surface area contributed by atoms with Crippen LogP contribution >= 0.6 is 0 Å². The molecule has 0 aliphatic rings. The number of hydrogen-bond acceptors (Lipinski definition) is 4. The van der Waals surface area contributed by atoms with Crippen LogP contribution in [0.4, 0.5) is 20.3 Å². The summed E-state index contributed by atoms with van der Waals surface area (Å²) in [7, 11) is 1.53. The van der Waals surface area contributed by atoms with E-state index in [0.29, 0.717) is 0 Å². The normalized spacial score (nSPS) is 10.6. The Morgan fingerprint density at radius 1 is 1.45 bits per heavy atom. The highest BCUT2D eigenvalue weighted by atomic mass is 19.1. The molecule has 6 nitrogen and oxygen atoms in total. The molecule has 2 aromatic rings. The summed E-state index contributed by atoms with van der Waals surface area (Å²) in [5, 5.41) is 17.6. The fraction of sp³-hybridized carbons (Fsp3) is 0.250. The summed E-state index contributed by atoms with van der Waals surface area (Å²) in [5.74, 6) is -1.00. The van der Waals surface area contributed by atoms with Crippen LogP contribution in [0, 0.1) is 28.7 Å². The van der Waals surface area contributed by atoms with Gasteiger partial charge in [-0.1, -0.05) is 0 Å². The molecule has 0 fully saturated rings. The van der Waals surface area contributed by atoms with Crippen molar-refractivity contribution in [2.24, 2.45) is 7.05 Å². The first-order valence-electron chi connectivity index (χ1n) is 5.76. The first-order valence-corrected chi connectivity index (χ1v) is 5.76. The number of aryl methyl sites for hydroxylation is 2. The molecule has 20 heavy (non-hydrogen) atoms. The molecule has 0 saturated carbocycles. The lowest BCUT2D eigenvalue weighted by molar-refractivity contribution is -0.384. The molecule has 0 aliphatic heterocycles. The van der Waals surface area contributed by atoms with Crippen LogP contribution in [-0.2, 0) is 13.6 Å². The Kier molecular flexibility index (Phi) is 3.64. The van der Waals surface area contributed by atoms with Crippen molar-refractivity contribution in [2.75, 3.05) is 5.32 Å². The molecule has 0 amide bonds. The highest BCUT2D eigenvalue weighted by molar-refractivity contribution is 5.59. The van der Waals surface area contributed by atoms with Crippen LogP contribution in [0.3, 0.4) is 0 Å². The minimum Gasteiger partial charge on any atom is -0.360 e. The van der Waals surface area contributed by atoms with E-state index in [2.05, 4.69) is 10.4 Å². The zero-order valence-corrected chi connectivity index (χ0v) is 10.9. The first-order chi connectivity index (χ1) is 9.40. The Morgan fingerprint density at radius 2 is 2.15 bits per heavy atom. The van der Waals surface area contributed by atoms with Gasteiger partial charge in [0, 0.05) is 19.2 Å². The largest absolute Gasteiger partial charge is 0.360 e. The molecular weight excluding hydrogens is 270 g/mol. The minimum atomic E-state index is -0.583. The molecule has 0 atom stereocenters. The lowest BCUT2D eigenvalue weighted by Crippen LogP contribution is -2.08. The van der Waals surface area contributed by atoms with Crippen LogP contribution in [-0.4, -0.2) is 14.7 Å². The molecule has 1 heterocycles. The van der Waals surface area contributed by atoms with Crippen LogP contribution in [0.1, 0.15) is 11.3 Å². The van der Waals surface area contributed by atoms with Gasteiger partial charge in [0.1, 0.15) is 17.3 Å². The number of hydrogen-bond donors (Lipinski definition) is 1. The van der Waals surface area contributed by atoms with Crippen LogP contribution in [0.25, 0.3) is 0 Å². The molecule has 0 radical (unpaired) electrons. The summed E-state index contributed by atoms with van der Waals surface area (Å²) in [5.41, 5.74) is 0.155. The second kappa shape index (κ2) is 5.24. The molecule has 0 spiro atoms. The Labute approximate surface area is 113 Å². The summed E-state index contributed by atoms with van der Waals surface area (Å²) in [4.78, 5) is 10.4. The zero-order valence-electron chi connectivity index (χ0n) is 10.9. The molecule has 106 valence electrons. The number of aromatic nitrogens is 2. The maximum absolute atomic E-state index is 13.5. The lowest BCUT2D eigenvalue weighted by atomic mass is 10.2. The molecule has 1 N–H and O–H groups in total. The fourth-order valence-electron chi connectivity index (χ4n) is 1.92. The van der Waals surface area contributed by atoms with Crippen LogP contribution in [0.5, 0.6) is 0 Å². The van der Waals surface area contributed by atoms with Gasteiger partial charge in [-0.15, -0.1) is 0 Å². The average Bonchev–Trinajstić information content (AvgIpc) is 2.65. The van der Waals surface area contributed by atoms with Gasteiger partial charge >= 0.3 is 5.69 Å². The molecule has 8 heteroatoms. The second-order valence-corrected chi connectivity index (χ2v) is 4.25. The van der Waals surface area contributed by atoms with Crippen molar-refractivity contribution in [1.29, 1.82) is 0 Å². The monoisotopic (exact) mass is 282 g/mol. The predicted molar refractivity (Wildman–Crippen MR) is 68.3 cm³/mol. The average molecular weight is 282 g/mol. The third-order valence-electron chi connectivity index (χ3n) is 2.83. The van der Waals surface area contributed by atoms with E-state index in [0.717, 1.165) is 18.2 Å². The fourth-order valence-corrected chi connectivity index (χ4v) is 1.92. The van der Waals surface area contributed by atoms with E-state index in [9.17, 15) is 18.9 Å². The van der Waals surface area contributed by atoms with Gasteiger partial charge < -0.3 is 5.32 Å². The van der Waals surface area contributed by atoms with E-state index >= 15 is 0 Å². The van der Waals surface area contributed by atoms with Gasteiger partial charge in [-0.25, -0.2) is 13.5 Å². The highest BCUT2D eigenvalue weighted by Crippen LogP contribution is 2.27. The van der Waals surface area contributed by atoms with Gasteiger partial charge in [0.25, 0.3) is 0 Å². The maximum Gasteiger partial charge on any atom is 0.333 e. The van der Waals surface area contributed by atoms with Crippen molar-refractivity contribution < 1.29 is 13.7 Å². The minimum absolute atomic E-state index is 0.0800. The Hall–Kier alpha value is -2.51. The maximum atomic E-state index is 13.5. The third kappa shape index (κ3) is 2.58. The summed E-state index contributed by atoms with van der Waals surface area (Å²) in [6.07, 6.45) is 0. The Balaban J connectivity index is 2.27. The van der Waals surface area contributed by atoms with E-state index in [1.54, 1.807) is 0 Å². The molecule has 2 rings (SSSR count). The molecule has 0 bridgehead atoms. The smallest absolute Gasteiger partial charge is 0.333 e. The highest BCUT2D eigenvalue weighted by Gasteiger charge is 2.23. The lowest BCUT2D eigenvalue weighted by Gasteiger charge is -2.07. The van der Waals surface area contributed by atoms with Crippen LogP contribution in [0.15, 0.2) is 18.2 Å². The number of halogens is 2. The van der Waals surface area contributed by atoms with Gasteiger partial charge in [0.05, 0.1) is 4.92 Å². The van der Waals surface area contributed by atoms with Gasteiger partial charge in [-0.3, -0.25) is 10.1 Å². The van der Waals surface area contributed by atoms with Crippen molar-refractivity contribution in [2.45, 2.75) is 13.5 Å². The summed E-state index contributed by atoms with van der Waals surface area (Å²) >= 11 is 0. The predicted octanol–water partition coefficient (Wildman–Crippen LogP) is 2.53. The van der Waals surface area contributed by atoms with Crippen LogP contribution in [0.2, 0.25) is 0 Å². The van der Waals surface area contributed by atoms with Crippen molar-refractivity contribution in [3.05, 3.63) is 51.2 Å². The first kappa shape index (κ1) is 13.9. The number of nitro groups is 1. The third-order valence-corrected chi connectivity index (χ3v) is 2.83. The molecule has 0 saturated heterocycles. The summed E-state index contributed by atoms with van der Waals surface area (Å²) in [6, 6.07) is 3.06. The Bertz CT molecular complexity index is 670. The van der Waals surface area contributed by atoms with Gasteiger partial charge in [0.15, 0.2) is 0 Å². The number of nitrogens with one attached hydrogen (secondary N) is 1. The van der Waals surface area contributed by atoms with E-state index in [4.69, 9.17) is 0 Å². The second-order valence-electron chi connectivity index (χ2n) is 4.25. The molecular formula is C12H12F2N4O2. The molecule has 1 aromatic carbocycles. The van der Waals surface area contributed by atoms with Crippen LogP contribution < -0.4 is 5.32 Å². The zero-order chi connectivity index (χ0) is 14.9. The van der Waals surface area contributed by atoms with E-state index < -0.39 is 16.6 Å². The van der Waals surface area contributed by atoms with Crippen molar-refractivity contribution >= 4 is 11.5 Å². The van der Waals surface area contributed by atoms with Crippen molar-refractivity contribution in [1.82, 2.24) is 9.78 Å². The summed E-state index contributed by atoms with van der Waals surface area (Å²) in [6.45, 7) is 1.43. The van der Waals surface area contributed by atoms with Gasteiger partial charge in [-0.05, 0) is 25.1 Å². The molecule has 1 aromatic heterocycles. The number of nitrogens with zero attached hydrogens (tertiary/aromatic N) is 3. The Morgan fingerprint density at radius 3 is 2.80 bits per heavy atom. The quantitative estimate of drug-likeness (QED) is 0.690. The van der Waals surface area contributed by atoms with Crippen molar-refractivity contribution in [3.8, 4) is 0 Å². The van der Waals surface area contributed by atoms with Gasteiger partial charge in [0.2, 0.25) is 5.82 Å². The molecule has 0 aliphatic carbocycles. The van der Waals surface area contributed by atoms with E-state index in [-0.39, 0.29) is 29.3 Å². The van der Waals surface area contributed by atoms with E-state index in [1.165, 1.54) is 18.7 Å². The SMILES string of the molecule is Cc1nn(C)c(NCc2cc(F)ccc2F)c1[N+](=O)[O-].